The number of halogens is 1. The Balaban J connectivity index is 1.55. The molecule has 0 aromatic heterocycles. The van der Waals surface area contributed by atoms with Gasteiger partial charge in [-0.3, -0.25) is 14.4 Å². The number of nitrogens with one attached hydrogen (secondary N) is 1. The van der Waals surface area contributed by atoms with Crippen LogP contribution in [0.1, 0.15) is 18.9 Å². The summed E-state index contributed by atoms with van der Waals surface area (Å²) in [5.74, 6) is -2.42. The zero-order valence-electron chi connectivity index (χ0n) is 15.5. The van der Waals surface area contributed by atoms with Gasteiger partial charge in [0.1, 0.15) is 5.82 Å². The number of ether oxygens (including phenoxy) is 1. The average Bonchev–Trinajstić information content (AvgIpc) is 3.07. The molecule has 28 heavy (non-hydrogen) atoms. The summed E-state index contributed by atoms with van der Waals surface area (Å²) in [6.07, 6.45) is 0.817. The van der Waals surface area contributed by atoms with Crippen LogP contribution in [0.4, 0.5) is 15.8 Å². The van der Waals surface area contributed by atoms with Gasteiger partial charge < -0.3 is 15.0 Å². The second-order valence-corrected chi connectivity index (χ2v) is 6.55. The van der Waals surface area contributed by atoms with Crippen molar-refractivity contribution in [2.45, 2.75) is 19.8 Å². The minimum Gasteiger partial charge on any atom is -0.455 e. The summed E-state index contributed by atoms with van der Waals surface area (Å²) in [5.41, 5.74) is 2.10. The van der Waals surface area contributed by atoms with Gasteiger partial charge in [-0.1, -0.05) is 31.2 Å². The first-order valence-corrected chi connectivity index (χ1v) is 9.08. The highest BCUT2D eigenvalue weighted by Gasteiger charge is 2.36. The topological polar surface area (TPSA) is 75.7 Å². The Morgan fingerprint density at radius 2 is 2.00 bits per heavy atom. The molecule has 146 valence electrons. The summed E-state index contributed by atoms with van der Waals surface area (Å²) in [6.45, 7) is 1.73. The van der Waals surface area contributed by atoms with Gasteiger partial charge in [0.15, 0.2) is 6.61 Å². The van der Waals surface area contributed by atoms with E-state index in [1.165, 1.54) is 24.3 Å². The molecule has 1 aliphatic rings. The monoisotopic (exact) mass is 384 g/mol. The largest absolute Gasteiger partial charge is 0.455 e. The first-order chi connectivity index (χ1) is 13.5. The zero-order valence-corrected chi connectivity index (χ0v) is 15.5. The van der Waals surface area contributed by atoms with E-state index < -0.39 is 30.2 Å². The smallest absolute Gasteiger partial charge is 0.311 e. The van der Waals surface area contributed by atoms with Gasteiger partial charge in [0.2, 0.25) is 5.91 Å². The molecule has 6 nitrogen and oxygen atoms in total. The number of carbonyl (C=O) groups is 3. The van der Waals surface area contributed by atoms with Crippen LogP contribution in [0.5, 0.6) is 0 Å². The molecule has 0 bridgehead atoms. The number of hydrogen-bond acceptors (Lipinski definition) is 4. The SMILES string of the molecule is CCc1ccccc1N1C[C@H](C(=O)OCC(=O)Nc2cccc(F)c2)CC1=O. The molecule has 2 aromatic carbocycles. The lowest BCUT2D eigenvalue weighted by Crippen LogP contribution is -2.28. The van der Waals surface area contributed by atoms with Crippen LogP contribution in [0.15, 0.2) is 48.5 Å². The van der Waals surface area contributed by atoms with E-state index in [2.05, 4.69) is 5.32 Å². The summed E-state index contributed by atoms with van der Waals surface area (Å²) in [5, 5.41) is 2.45. The van der Waals surface area contributed by atoms with E-state index in [1.54, 1.807) is 4.90 Å². The highest BCUT2D eigenvalue weighted by atomic mass is 19.1. The molecule has 1 N–H and O–H groups in total. The lowest BCUT2D eigenvalue weighted by molar-refractivity contribution is -0.151. The molecule has 7 heteroatoms. The number of rotatable bonds is 6. The molecule has 0 radical (unpaired) electrons. The number of hydrogen-bond donors (Lipinski definition) is 1. The third-order valence-electron chi connectivity index (χ3n) is 4.58. The number of amides is 2. The fraction of sp³-hybridized carbons (Fsp3) is 0.286. The van der Waals surface area contributed by atoms with Crippen molar-refractivity contribution in [2.24, 2.45) is 5.92 Å². The normalized spacial score (nSPS) is 16.1. The highest BCUT2D eigenvalue weighted by Crippen LogP contribution is 2.29. The number of nitrogens with zero attached hydrogens (tertiary/aromatic N) is 1. The number of anilines is 2. The molecule has 0 unspecified atom stereocenters. The molecule has 2 aromatic rings. The quantitative estimate of drug-likeness (QED) is 0.777. The number of benzene rings is 2. The standard InChI is InChI=1S/C21H21FN2O4/c1-2-14-6-3-4-9-18(14)24-12-15(10-20(24)26)21(27)28-13-19(25)23-17-8-5-7-16(22)11-17/h3-9,11,15H,2,10,12-13H2,1H3,(H,23,25)/t15-/m1/s1. The molecule has 1 aliphatic heterocycles. The molecule has 0 saturated carbocycles. The van der Waals surface area contributed by atoms with E-state index in [-0.39, 0.29) is 24.6 Å². The van der Waals surface area contributed by atoms with Crippen molar-refractivity contribution in [3.8, 4) is 0 Å². The van der Waals surface area contributed by atoms with Gasteiger partial charge in [-0.25, -0.2) is 4.39 Å². The first kappa shape index (κ1) is 19.5. The van der Waals surface area contributed by atoms with Crippen molar-refractivity contribution in [3.63, 3.8) is 0 Å². The molecular formula is C21H21FN2O4. The van der Waals surface area contributed by atoms with Gasteiger partial charge in [0.25, 0.3) is 5.91 Å². The van der Waals surface area contributed by atoms with E-state index in [0.29, 0.717) is 0 Å². The molecule has 1 heterocycles. The fourth-order valence-electron chi connectivity index (χ4n) is 3.19. The molecule has 1 atom stereocenters. The molecule has 3 rings (SSSR count). The summed E-state index contributed by atoms with van der Waals surface area (Å²) < 4.78 is 18.2. The van der Waals surface area contributed by atoms with E-state index in [0.717, 1.165) is 17.7 Å². The van der Waals surface area contributed by atoms with E-state index in [9.17, 15) is 18.8 Å². The highest BCUT2D eigenvalue weighted by molar-refractivity contribution is 6.00. The van der Waals surface area contributed by atoms with Gasteiger partial charge in [0, 0.05) is 24.3 Å². The fourth-order valence-corrected chi connectivity index (χ4v) is 3.19. The Bertz CT molecular complexity index is 899. The zero-order chi connectivity index (χ0) is 20.1. The van der Waals surface area contributed by atoms with Crippen LogP contribution in [-0.2, 0) is 25.5 Å². The maximum atomic E-state index is 13.1. The van der Waals surface area contributed by atoms with Crippen LogP contribution in [0.2, 0.25) is 0 Å². The van der Waals surface area contributed by atoms with Crippen molar-refractivity contribution in [1.29, 1.82) is 0 Å². The van der Waals surface area contributed by atoms with Crippen molar-refractivity contribution >= 4 is 29.2 Å². The van der Waals surface area contributed by atoms with Crippen molar-refractivity contribution in [3.05, 3.63) is 59.9 Å². The Kier molecular flexibility index (Phi) is 6.03. The van der Waals surface area contributed by atoms with Crippen LogP contribution in [-0.4, -0.2) is 30.9 Å². The number of esters is 1. The molecule has 0 aliphatic carbocycles. The van der Waals surface area contributed by atoms with Gasteiger partial charge in [-0.05, 0) is 36.2 Å². The van der Waals surface area contributed by atoms with E-state index >= 15 is 0 Å². The summed E-state index contributed by atoms with van der Waals surface area (Å²) >= 11 is 0. The lowest BCUT2D eigenvalue weighted by Gasteiger charge is -2.19. The van der Waals surface area contributed by atoms with Gasteiger partial charge in [-0.15, -0.1) is 0 Å². The maximum Gasteiger partial charge on any atom is 0.311 e. The summed E-state index contributed by atoms with van der Waals surface area (Å²) in [6, 6.07) is 13.0. The Hall–Kier alpha value is -3.22. The Morgan fingerprint density at radius 3 is 2.75 bits per heavy atom. The minimum absolute atomic E-state index is 0.0440. The van der Waals surface area contributed by atoms with Gasteiger partial charge in [-0.2, -0.15) is 0 Å². The minimum atomic E-state index is -0.626. The predicted molar refractivity (Wildman–Crippen MR) is 102 cm³/mol. The number of aryl methyl sites for hydroxylation is 1. The van der Waals surface area contributed by atoms with Crippen LogP contribution in [0, 0.1) is 11.7 Å². The maximum absolute atomic E-state index is 13.1. The van der Waals surface area contributed by atoms with Gasteiger partial charge in [0.05, 0.1) is 5.92 Å². The van der Waals surface area contributed by atoms with Crippen molar-refractivity contribution < 1.29 is 23.5 Å². The van der Waals surface area contributed by atoms with Crippen LogP contribution in [0.25, 0.3) is 0 Å². The number of carbonyl (C=O) groups excluding carboxylic acids is 3. The second kappa shape index (κ2) is 8.65. The molecule has 1 saturated heterocycles. The van der Waals surface area contributed by atoms with Gasteiger partial charge >= 0.3 is 5.97 Å². The van der Waals surface area contributed by atoms with E-state index in [4.69, 9.17) is 4.74 Å². The molecule has 1 fully saturated rings. The lowest BCUT2D eigenvalue weighted by atomic mass is 10.1. The summed E-state index contributed by atoms with van der Waals surface area (Å²) in [4.78, 5) is 38.1. The van der Waals surface area contributed by atoms with Crippen molar-refractivity contribution in [2.75, 3.05) is 23.4 Å². The average molecular weight is 384 g/mol. The third kappa shape index (κ3) is 4.54. The molecule has 0 spiro atoms. The third-order valence-corrected chi connectivity index (χ3v) is 4.58. The molecular weight excluding hydrogens is 363 g/mol. The van der Waals surface area contributed by atoms with Crippen LogP contribution < -0.4 is 10.2 Å². The second-order valence-electron chi connectivity index (χ2n) is 6.55. The van der Waals surface area contributed by atoms with E-state index in [1.807, 2.05) is 31.2 Å². The Morgan fingerprint density at radius 1 is 1.21 bits per heavy atom. The van der Waals surface area contributed by atoms with Crippen LogP contribution in [0.3, 0.4) is 0 Å². The first-order valence-electron chi connectivity index (χ1n) is 9.08. The van der Waals surface area contributed by atoms with Crippen molar-refractivity contribution in [1.82, 2.24) is 0 Å². The Labute approximate surface area is 162 Å². The summed E-state index contributed by atoms with van der Waals surface area (Å²) in [7, 11) is 0. The van der Waals surface area contributed by atoms with Crippen LogP contribution >= 0.6 is 0 Å². The predicted octanol–water partition coefficient (Wildman–Crippen LogP) is 2.92. The number of para-hydroxylation sites is 1. The molecule has 2 amide bonds.